The number of carbonyl (C=O) groups is 1. The number of piperidine rings is 1. The van der Waals surface area contributed by atoms with Gasteiger partial charge in [0.25, 0.3) is 5.91 Å². The molecule has 0 aromatic heterocycles. The molecule has 1 aromatic carbocycles. The summed E-state index contributed by atoms with van der Waals surface area (Å²) < 4.78 is 0. The Balaban J connectivity index is 1.72. The number of likely N-dealkylation sites (tertiary alicyclic amines) is 2. The number of rotatable bonds is 4. The van der Waals surface area contributed by atoms with Crippen LogP contribution in [0.15, 0.2) is 18.2 Å². The first kappa shape index (κ1) is 17.7. The fourth-order valence-corrected chi connectivity index (χ4v) is 4.25. The van der Waals surface area contributed by atoms with Gasteiger partial charge in [-0.2, -0.15) is 0 Å². The molecule has 2 heterocycles. The number of aliphatic hydroxyl groups is 1. The maximum Gasteiger partial charge on any atom is 0.255 e. The topological polar surface area (TPSA) is 43.8 Å². The molecule has 2 fully saturated rings. The Kier molecular flexibility index (Phi) is 5.80. The van der Waals surface area contributed by atoms with E-state index in [-0.39, 0.29) is 18.4 Å². The van der Waals surface area contributed by atoms with E-state index in [1.54, 1.807) is 6.07 Å². The van der Waals surface area contributed by atoms with Gasteiger partial charge in [0, 0.05) is 26.2 Å². The van der Waals surface area contributed by atoms with Gasteiger partial charge in [0.2, 0.25) is 0 Å². The van der Waals surface area contributed by atoms with Gasteiger partial charge >= 0.3 is 0 Å². The number of benzene rings is 1. The van der Waals surface area contributed by atoms with E-state index in [0.717, 1.165) is 38.2 Å². The maximum atomic E-state index is 13.0. The molecule has 2 aliphatic rings. The largest absolute Gasteiger partial charge is 0.396 e. The summed E-state index contributed by atoms with van der Waals surface area (Å²) in [5.74, 6) is 0.591. The number of hydrogen-bond acceptors (Lipinski definition) is 3. The molecule has 2 saturated heterocycles. The molecule has 3 rings (SSSR count). The number of carbonyl (C=O) groups excluding carboxylic acids is 1. The van der Waals surface area contributed by atoms with Crippen molar-refractivity contribution in [1.82, 2.24) is 9.80 Å². The van der Waals surface area contributed by atoms with Crippen molar-refractivity contribution in [3.05, 3.63) is 34.3 Å². The van der Waals surface area contributed by atoms with Gasteiger partial charge in [-0.1, -0.05) is 23.2 Å². The van der Waals surface area contributed by atoms with Crippen molar-refractivity contribution in [2.24, 2.45) is 11.8 Å². The average Bonchev–Trinajstić information content (AvgIpc) is 3.09. The van der Waals surface area contributed by atoms with Crippen molar-refractivity contribution >= 4 is 17.5 Å². The molecule has 5 heteroatoms. The summed E-state index contributed by atoms with van der Waals surface area (Å²) in [6.45, 7) is 6.85. The van der Waals surface area contributed by atoms with Gasteiger partial charge in [0.15, 0.2) is 0 Å². The van der Waals surface area contributed by atoms with Crippen LogP contribution in [0.5, 0.6) is 0 Å². The SMILES string of the molecule is Cc1ccc(Cl)c(C(=O)N2CC(CO)CC(CN3CCCC3)C2)c1. The highest BCUT2D eigenvalue weighted by atomic mass is 35.5. The number of nitrogens with zero attached hydrogens (tertiary/aromatic N) is 2. The minimum atomic E-state index is -0.00623. The number of hydrogen-bond donors (Lipinski definition) is 1. The zero-order valence-electron chi connectivity index (χ0n) is 14.4. The fourth-order valence-electron chi connectivity index (χ4n) is 4.05. The molecule has 24 heavy (non-hydrogen) atoms. The molecule has 0 aliphatic carbocycles. The van der Waals surface area contributed by atoms with Crippen molar-refractivity contribution < 1.29 is 9.90 Å². The summed E-state index contributed by atoms with van der Waals surface area (Å²) >= 11 is 6.25. The lowest BCUT2D eigenvalue weighted by atomic mass is 9.88. The Morgan fingerprint density at radius 1 is 1.25 bits per heavy atom. The highest BCUT2D eigenvalue weighted by molar-refractivity contribution is 6.33. The third-order valence-electron chi connectivity index (χ3n) is 5.24. The Labute approximate surface area is 149 Å². The van der Waals surface area contributed by atoms with E-state index in [1.165, 1.54) is 12.8 Å². The maximum absolute atomic E-state index is 13.0. The van der Waals surface area contributed by atoms with Crippen LogP contribution < -0.4 is 0 Å². The third-order valence-corrected chi connectivity index (χ3v) is 5.57. The van der Waals surface area contributed by atoms with E-state index in [1.807, 2.05) is 24.0 Å². The van der Waals surface area contributed by atoms with Crippen LogP contribution in [0.4, 0.5) is 0 Å². The highest BCUT2D eigenvalue weighted by Gasteiger charge is 2.32. The van der Waals surface area contributed by atoms with Crippen LogP contribution >= 0.6 is 11.6 Å². The van der Waals surface area contributed by atoms with Crippen molar-refractivity contribution in [2.75, 3.05) is 39.3 Å². The predicted molar refractivity (Wildman–Crippen MR) is 96.4 cm³/mol. The van der Waals surface area contributed by atoms with Gasteiger partial charge in [0.05, 0.1) is 10.6 Å². The lowest BCUT2D eigenvalue weighted by Gasteiger charge is -2.38. The van der Waals surface area contributed by atoms with E-state index in [0.29, 0.717) is 23.0 Å². The van der Waals surface area contributed by atoms with Gasteiger partial charge in [-0.05, 0) is 63.2 Å². The molecular formula is C19H27ClN2O2. The van der Waals surface area contributed by atoms with E-state index in [2.05, 4.69) is 4.90 Å². The van der Waals surface area contributed by atoms with Gasteiger partial charge in [-0.15, -0.1) is 0 Å². The van der Waals surface area contributed by atoms with E-state index < -0.39 is 0 Å². The smallest absolute Gasteiger partial charge is 0.255 e. The summed E-state index contributed by atoms with van der Waals surface area (Å²) in [7, 11) is 0. The zero-order valence-corrected chi connectivity index (χ0v) is 15.1. The number of aryl methyl sites for hydroxylation is 1. The van der Waals surface area contributed by atoms with Crippen LogP contribution in [0.3, 0.4) is 0 Å². The Bertz CT molecular complexity index is 587. The second kappa shape index (κ2) is 7.85. The fraction of sp³-hybridized carbons (Fsp3) is 0.632. The molecule has 4 nitrogen and oxygen atoms in total. The second-order valence-electron chi connectivity index (χ2n) is 7.35. The van der Waals surface area contributed by atoms with Crippen molar-refractivity contribution in [1.29, 1.82) is 0 Å². The minimum Gasteiger partial charge on any atom is -0.396 e. The van der Waals surface area contributed by atoms with Crippen LogP contribution in [-0.2, 0) is 0 Å². The first-order valence-electron chi connectivity index (χ1n) is 8.95. The molecule has 0 bridgehead atoms. The first-order chi connectivity index (χ1) is 11.6. The van der Waals surface area contributed by atoms with Gasteiger partial charge in [-0.3, -0.25) is 4.79 Å². The molecule has 1 N–H and O–H groups in total. The average molecular weight is 351 g/mol. The molecule has 1 amide bonds. The molecule has 1 aromatic rings. The molecular weight excluding hydrogens is 324 g/mol. The minimum absolute atomic E-state index is 0.00623. The number of amides is 1. The standard InChI is InChI=1S/C19H27ClN2O2/c1-14-4-5-18(20)17(8-14)19(24)22-11-15(9-16(12-22)13-23)10-21-6-2-3-7-21/h4-5,8,15-16,23H,2-3,6-7,9-13H2,1H3. The summed E-state index contributed by atoms with van der Waals surface area (Å²) in [6.07, 6.45) is 3.55. The van der Waals surface area contributed by atoms with Crippen molar-refractivity contribution in [3.63, 3.8) is 0 Å². The van der Waals surface area contributed by atoms with Crippen LogP contribution in [0, 0.1) is 18.8 Å². The molecule has 2 aliphatic heterocycles. The quantitative estimate of drug-likeness (QED) is 0.908. The summed E-state index contributed by atoms with van der Waals surface area (Å²) in [5, 5.41) is 10.2. The van der Waals surface area contributed by atoms with Crippen LogP contribution in [0.25, 0.3) is 0 Å². The Morgan fingerprint density at radius 3 is 2.67 bits per heavy atom. The molecule has 2 unspecified atom stereocenters. The number of halogens is 1. The Hall–Kier alpha value is -1.10. The lowest BCUT2D eigenvalue weighted by molar-refractivity contribution is 0.0465. The third kappa shape index (κ3) is 4.11. The van der Waals surface area contributed by atoms with E-state index in [4.69, 9.17) is 11.6 Å². The first-order valence-corrected chi connectivity index (χ1v) is 9.33. The molecule has 0 saturated carbocycles. The predicted octanol–water partition coefficient (Wildman–Crippen LogP) is 2.81. The van der Waals surface area contributed by atoms with Crippen molar-refractivity contribution in [3.8, 4) is 0 Å². The van der Waals surface area contributed by atoms with Crippen molar-refractivity contribution in [2.45, 2.75) is 26.2 Å². The van der Waals surface area contributed by atoms with Gasteiger partial charge in [-0.25, -0.2) is 0 Å². The van der Waals surface area contributed by atoms with Gasteiger partial charge in [0.1, 0.15) is 0 Å². The van der Waals surface area contributed by atoms with E-state index in [9.17, 15) is 9.90 Å². The second-order valence-corrected chi connectivity index (χ2v) is 7.76. The molecule has 2 atom stereocenters. The monoisotopic (exact) mass is 350 g/mol. The normalized spacial score (nSPS) is 25.2. The van der Waals surface area contributed by atoms with Crippen LogP contribution in [0.1, 0.15) is 35.2 Å². The number of aliphatic hydroxyl groups excluding tert-OH is 1. The summed E-state index contributed by atoms with van der Waals surface area (Å²) in [4.78, 5) is 17.4. The Morgan fingerprint density at radius 2 is 1.96 bits per heavy atom. The lowest BCUT2D eigenvalue weighted by Crippen LogP contribution is -2.47. The molecule has 132 valence electrons. The highest BCUT2D eigenvalue weighted by Crippen LogP contribution is 2.27. The van der Waals surface area contributed by atoms with Crippen LogP contribution in [0.2, 0.25) is 5.02 Å². The molecule has 0 radical (unpaired) electrons. The van der Waals surface area contributed by atoms with Gasteiger partial charge < -0.3 is 14.9 Å². The molecule has 0 spiro atoms. The van der Waals surface area contributed by atoms with E-state index >= 15 is 0 Å². The zero-order chi connectivity index (χ0) is 17.1. The van der Waals surface area contributed by atoms with Crippen LogP contribution in [-0.4, -0.2) is 60.1 Å². The summed E-state index contributed by atoms with van der Waals surface area (Å²) in [6, 6.07) is 5.57. The summed E-state index contributed by atoms with van der Waals surface area (Å²) in [5.41, 5.74) is 1.61.